The molecule has 0 saturated heterocycles. The minimum absolute atomic E-state index is 1.29. The minimum atomic E-state index is -5.24. The van der Waals surface area contributed by atoms with Crippen LogP contribution in [0.15, 0.2) is 0 Å². The van der Waals surface area contributed by atoms with Gasteiger partial charge in [0, 0.05) is 0 Å². The van der Waals surface area contributed by atoms with Gasteiger partial charge < -0.3 is 5.73 Å². The van der Waals surface area contributed by atoms with Crippen LogP contribution in [0, 0.1) is 0 Å². The molecule has 0 aliphatic carbocycles. The fraction of sp³-hybridized carbons (Fsp3) is 1.00. The van der Waals surface area contributed by atoms with Gasteiger partial charge >= 0.3 is 6.18 Å². The average Bonchev–Trinajstić information content (AvgIpc) is 1.85. The summed E-state index contributed by atoms with van der Waals surface area (Å²) >= 11 is 0. The number of hydrogen-bond acceptors (Lipinski definition) is 1. The molecule has 1 unspecified atom stereocenters. The van der Waals surface area contributed by atoms with Crippen LogP contribution in [0.25, 0.3) is 0 Å². The number of hydrogen-bond donors (Lipinski definition) is 1. The van der Waals surface area contributed by atoms with Gasteiger partial charge in [-0.05, 0) is 0 Å². The molecule has 0 radical (unpaired) electrons. The molecule has 0 bridgehead atoms. The van der Waals surface area contributed by atoms with E-state index >= 15 is 0 Å². The molecule has 0 rings (SSSR count). The molecule has 0 spiro atoms. The summed E-state index contributed by atoms with van der Waals surface area (Å²) in [6.07, 6.45) is -10.7. The molecule has 74 valence electrons. The van der Waals surface area contributed by atoms with Gasteiger partial charge in [-0.25, -0.2) is 13.2 Å². The predicted molar refractivity (Wildman–Crippen MR) is 29.6 cm³/mol. The zero-order valence-corrected chi connectivity index (χ0v) is 5.84. The van der Waals surface area contributed by atoms with Crippen LogP contribution in [-0.2, 0) is 0 Å². The molecule has 0 aliphatic rings. The maximum atomic E-state index is 12.1. The van der Waals surface area contributed by atoms with Gasteiger partial charge in [0.2, 0.25) is 6.17 Å². The first-order valence-electron chi connectivity index (χ1n) is 2.98. The lowest BCUT2D eigenvalue weighted by Gasteiger charge is -2.18. The van der Waals surface area contributed by atoms with Crippen molar-refractivity contribution >= 4 is 0 Å². The monoisotopic (exact) mass is 195 g/mol. The Labute approximate surface area is 64.5 Å². The minimum Gasteiger partial charge on any atom is -0.325 e. The third-order valence-corrected chi connectivity index (χ3v) is 1.13. The van der Waals surface area contributed by atoms with Crippen molar-refractivity contribution in [2.24, 2.45) is 5.73 Å². The topological polar surface area (TPSA) is 26.0 Å². The van der Waals surface area contributed by atoms with Crippen LogP contribution in [0.4, 0.5) is 26.3 Å². The maximum Gasteiger partial charge on any atom is 0.419 e. The van der Waals surface area contributed by atoms with Crippen LogP contribution < -0.4 is 5.73 Å². The van der Waals surface area contributed by atoms with Gasteiger partial charge in [0.15, 0.2) is 0 Å². The quantitative estimate of drug-likeness (QED) is 0.683. The van der Waals surface area contributed by atoms with Crippen molar-refractivity contribution in [2.75, 3.05) is 6.54 Å². The number of rotatable bonds is 3. The summed E-state index contributed by atoms with van der Waals surface area (Å²) in [5.41, 5.74) is 4.41. The summed E-state index contributed by atoms with van der Waals surface area (Å²) in [4.78, 5) is 0. The van der Waals surface area contributed by atoms with Gasteiger partial charge in [0.05, 0.1) is 13.0 Å². The molecule has 1 atom stereocenters. The number of alkyl halides is 6. The van der Waals surface area contributed by atoms with E-state index in [9.17, 15) is 26.3 Å². The van der Waals surface area contributed by atoms with E-state index in [2.05, 4.69) is 5.73 Å². The van der Waals surface area contributed by atoms with E-state index < -0.39 is 31.2 Å². The van der Waals surface area contributed by atoms with E-state index in [1.165, 1.54) is 0 Å². The van der Waals surface area contributed by atoms with E-state index in [0.717, 1.165) is 0 Å². The molecule has 12 heavy (non-hydrogen) atoms. The Morgan fingerprint density at radius 1 is 1.08 bits per heavy atom. The lowest BCUT2D eigenvalue weighted by molar-refractivity contribution is -0.197. The van der Waals surface area contributed by atoms with Crippen LogP contribution in [0.2, 0.25) is 0 Å². The summed E-state index contributed by atoms with van der Waals surface area (Å²) in [7, 11) is 0. The van der Waals surface area contributed by atoms with Gasteiger partial charge in [-0.1, -0.05) is 0 Å². The second-order valence-corrected chi connectivity index (χ2v) is 2.27. The zero-order valence-electron chi connectivity index (χ0n) is 5.84. The van der Waals surface area contributed by atoms with E-state index in [-0.39, 0.29) is 0 Å². The SMILES string of the molecule is NCC(F)(F)CC(F)C(F)(F)F. The Kier molecular flexibility index (Phi) is 3.37. The second-order valence-electron chi connectivity index (χ2n) is 2.27. The fourth-order valence-corrected chi connectivity index (χ4v) is 0.461. The van der Waals surface area contributed by atoms with Crippen LogP contribution >= 0.6 is 0 Å². The Balaban J connectivity index is 4.09. The van der Waals surface area contributed by atoms with Crippen molar-refractivity contribution in [3.8, 4) is 0 Å². The van der Waals surface area contributed by atoms with Crippen molar-refractivity contribution in [3.63, 3.8) is 0 Å². The highest BCUT2D eigenvalue weighted by atomic mass is 19.4. The highest BCUT2D eigenvalue weighted by Crippen LogP contribution is 2.31. The van der Waals surface area contributed by atoms with Gasteiger partial charge in [-0.2, -0.15) is 13.2 Å². The largest absolute Gasteiger partial charge is 0.419 e. The molecule has 0 aromatic carbocycles. The second kappa shape index (κ2) is 3.51. The normalized spacial score (nSPS) is 16.2. The Morgan fingerprint density at radius 3 is 1.75 bits per heavy atom. The van der Waals surface area contributed by atoms with Gasteiger partial charge in [0.1, 0.15) is 0 Å². The highest BCUT2D eigenvalue weighted by molar-refractivity contribution is 4.76. The maximum absolute atomic E-state index is 12.1. The number of halogens is 6. The van der Waals surface area contributed by atoms with E-state index in [1.54, 1.807) is 0 Å². The molecule has 0 fully saturated rings. The standard InChI is InChI=1S/C5H7F6N/c6-3(5(9,10)11)1-4(7,8)2-12/h3H,1-2,12H2. The summed E-state index contributed by atoms with van der Waals surface area (Å²) in [6.45, 7) is -1.29. The predicted octanol–water partition coefficient (Wildman–Crippen LogP) is 1.87. The van der Waals surface area contributed by atoms with Crippen molar-refractivity contribution in [3.05, 3.63) is 0 Å². The molecular weight excluding hydrogens is 188 g/mol. The lowest BCUT2D eigenvalue weighted by Crippen LogP contribution is -2.36. The summed E-state index contributed by atoms with van der Waals surface area (Å²) in [5, 5.41) is 0. The van der Waals surface area contributed by atoms with E-state index in [4.69, 9.17) is 0 Å². The Bertz CT molecular complexity index is 141. The summed E-state index contributed by atoms with van der Waals surface area (Å²) < 4.78 is 70.2. The fourth-order valence-electron chi connectivity index (χ4n) is 0.461. The Hall–Kier alpha value is -0.460. The molecule has 0 heterocycles. The Morgan fingerprint density at radius 2 is 1.50 bits per heavy atom. The van der Waals surface area contributed by atoms with Crippen molar-refractivity contribution < 1.29 is 26.3 Å². The van der Waals surface area contributed by atoms with Gasteiger partial charge in [0.25, 0.3) is 5.92 Å². The smallest absolute Gasteiger partial charge is 0.325 e. The molecule has 2 N–H and O–H groups in total. The van der Waals surface area contributed by atoms with Crippen LogP contribution in [-0.4, -0.2) is 24.8 Å². The summed E-state index contributed by atoms with van der Waals surface area (Å²) in [5.74, 6) is -3.80. The van der Waals surface area contributed by atoms with Gasteiger partial charge in [-0.3, -0.25) is 0 Å². The van der Waals surface area contributed by atoms with Crippen molar-refractivity contribution in [1.82, 2.24) is 0 Å². The van der Waals surface area contributed by atoms with Crippen LogP contribution in [0.5, 0.6) is 0 Å². The molecule has 1 nitrogen and oxygen atoms in total. The lowest BCUT2D eigenvalue weighted by atomic mass is 10.1. The van der Waals surface area contributed by atoms with Gasteiger partial charge in [-0.15, -0.1) is 0 Å². The molecule has 0 aliphatic heterocycles. The van der Waals surface area contributed by atoms with Crippen LogP contribution in [0.1, 0.15) is 6.42 Å². The van der Waals surface area contributed by atoms with Crippen molar-refractivity contribution in [1.29, 1.82) is 0 Å². The van der Waals surface area contributed by atoms with Crippen LogP contribution in [0.3, 0.4) is 0 Å². The molecule has 0 aromatic rings. The van der Waals surface area contributed by atoms with Crippen molar-refractivity contribution in [2.45, 2.75) is 24.7 Å². The first-order chi connectivity index (χ1) is 5.19. The molecule has 7 heteroatoms. The first-order valence-corrected chi connectivity index (χ1v) is 2.98. The first kappa shape index (κ1) is 11.5. The molecule has 0 saturated carbocycles. The molecular formula is C5H7F6N. The van der Waals surface area contributed by atoms with E-state index in [1.807, 2.05) is 0 Å². The summed E-state index contributed by atoms with van der Waals surface area (Å²) in [6, 6.07) is 0. The highest BCUT2D eigenvalue weighted by Gasteiger charge is 2.46. The molecule has 0 aromatic heterocycles. The third-order valence-electron chi connectivity index (χ3n) is 1.13. The molecule has 0 amide bonds. The third kappa shape index (κ3) is 3.80. The number of nitrogens with two attached hydrogens (primary N) is 1. The van der Waals surface area contributed by atoms with E-state index in [0.29, 0.717) is 0 Å². The average molecular weight is 195 g/mol. The zero-order chi connectivity index (χ0) is 9.99.